The molecule has 2 aromatic rings. The van der Waals surface area contributed by atoms with Crippen molar-refractivity contribution < 1.29 is 4.39 Å². The second kappa shape index (κ2) is 5.45. The summed E-state index contributed by atoms with van der Waals surface area (Å²) < 4.78 is 12.9. The van der Waals surface area contributed by atoms with E-state index in [2.05, 4.69) is 43.0 Å². The maximum absolute atomic E-state index is 12.9. The Hall–Kier alpha value is -1.67. The topological polar surface area (TPSA) is 3.24 Å². The van der Waals surface area contributed by atoms with Crippen LogP contribution in [-0.4, -0.2) is 24.5 Å². The van der Waals surface area contributed by atoms with Crippen LogP contribution in [0, 0.1) is 24.6 Å². The average Bonchev–Trinajstić information content (AvgIpc) is 2.92. The van der Waals surface area contributed by atoms with Crippen LogP contribution >= 0.6 is 0 Å². The molecular weight excluding hydrogens is 285 g/mol. The summed E-state index contributed by atoms with van der Waals surface area (Å²) in [4.78, 5) is 2.58. The molecule has 1 heterocycles. The summed E-state index contributed by atoms with van der Waals surface area (Å²) in [5, 5.41) is 0. The zero-order chi connectivity index (χ0) is 16.0. The van der Waals surface area contributed by atoms with Gasteiger partial charge in [0.05, 0.1) is 0 Å². The molecule has 2 atom stereocenters. The Morgan fingerprint density at radius 3 is 2.43 bits per heavy atom. The molecule has 1 nitrogen and oxygen atoms in total. The summed E-state index contributed by atoms with van der Waals surface area (Å²) in [7, 11) is 0. The number of hydrogen-bond donors (Lipinski definition) is 0. The van der Waals surface area contributed by atoms with E-state index < -0.39 is 0 Å². The van der Waals surface area contributed by atoms with E-state index in [1.165, 1.54) is 29.8 Å². The molecule has 2 aromatic carbocycles. The van der Waals surface area contributed by atoms with Crippen molar-refractivity contribution in [2.45, 2.75) is 25.7 Å². The van der Waals surface area contributed by atoms with Gasteiger partial charge in [-0.2, -0.15) is 0 Å². The maximum atomic E-state index is 12.9. The molecule has 2 unspecified atom stereocenters. The van der Waals surface area contributed by atoms with Crippen LogP contribution < -0.4 is 0 Å². The lowest BCUT2D eigenvalue weighted by Crippen LogP contribution is -2.30. The highest BCUT2D eigenvalue weighted by atomic mass is 19.1. The minimum atomic E-state index is -0.148. The standard InChI is InChI=1S/C21H24FN/c1-15-4-3-5-17(12-15)21(2)19-13-23(14-20(19)21)11-10-16-6-8-18(22)9-7-16/h3-9,12,19-20H,10-11,13-14H2,1-2H3. The van der Waals surface area contributed by atoms with Gasteiger partial charge in [-0.25, -0.2) is 4.39 Å². The summed E-state index contributed by atoms with van der Waals surface area (Å²) in [6.45, 7) is 8.11. The largest absolute Gasteiger partial charge is 0.302 e. The van der Waals surface area contributed by atoms with Gasteiger partial charge in [-0.15, -0.1) is 0 Å². The number of likely N-dealkylation sites (tertiary alicyclic amines) is 1. The third kappa shape index (κ3) is 2.59. The van der Waals surface area contributed by atoms with Crippen LogP contribution in [0.3, 0.4) is 0 Å². The zero-order valence-corrected chi connectivity index (χ0v) is 13.9. The van der Waals surface area contributed by atoms with Gasteiger partial charge in [-0.05, 0) is 48.4 Å². The molecule has 1 saturated carbocycles. The molecule has 4 rings (SSSR count). The molecule has 1 aliphatic carbocycles. The van der Waals surface area contributed by atoms with E-state index in [0.717, 1.165) is 24.8 Å². The Balaban J connectivity index is 1.35. The van der Waals surface area contributed by atoms with Gasteiger partial charge in [0.1, 0.15) is 5.82 Å². The summed E-state index contributed by atoms with van der Waals surface area (Å²) >= 11 is 0. The zero-order valence-electron chi connectivity index (χ0n) is 13.9. The first-order valence-electron chi connectivity index (χ1n) is 8.61. The lowest BCUT2D eigenvalue weighted by Gasteiger charge is -2.24. The van der Waals surface area contributed by atoms with Crippen LogP contribution in [0.25, 0.3) is 0 Å². The van der Waals surface area contributed by atoms with Crippen molar-refractivity contribution in [2.75, 3.05) is 19.6 Å². The van der Waals surface area contributed by atoms with E-state index >= 15 is 0 Å². The quantitative estimate of drug-likeness (QED) is 0.818. The third-order valence-corrected chi connectivity index (χ3v) is 6.10. The smallest absolute Gasteiger partial charge is 0.123 e. The van der Waals surface area contributed by atoms with Gasteiger partial charge in [0.25, 0.3) is 0 Å². The number of hydrogen-bond acceptors (Lipinski definition) is 1. The molecule has 2 aliphatic rings. The summed E-state index contributed by atoms with van der Waals surface area (Å²) in [5.74, 6) is 1.46. The average molecular weight is 309 g/mol. The van der Waals surface area contributed by atoms with Crippen LogP contribution in [0.1, 0.15) is 23.6 Å². The molecule has 0 aromatic heterocycles. The molecule has 1 saturated heterocycles. The number of fused-ring (bicyclic) bond motifs is 1. The second-order valence-electron chi connectivity index (χ2n) is 7.50. The molecule has 1 aliphatic heterocycles. The Kier molecular flexibility index (Phi) is 3.53. The molecule has 23 heavy (non-hydrogen) atoms. The van der Waals surface area contributed by atoms with Crippen molar-refractivity contribution >= 4 is 0 Å². The monoisotopic (exact) mass is 309 g/mol. The van der Waals surface area contributed by atoms with Gasteiger partial charge in [0.2, 0.25) is 0 Å². The maximum Gasteiger partial charge on any atom is 0.123 e. The minimum absolute atomic E-state index is 0.148. The number of aryl methyl sites for hydroxylation is 1. The van der Waals surface area contributed by atoms with Gasteiger partial charge >= 0.3 is 0 Å². The van der Waals surface area contributed by atoms with Crippen LogP contribution in [-0.2, 0) is 11.8 Å². The number of rotatable bonds is 4. The van der Waals surface area contributed by atoms with E-state index in [0.29, 0.717) is 5.41 Å². The highest BCUT2D eigenvalue weighted by Gasteiger charge is 2.65. The van der Waals surface area contributed by atoms with Crippen LogP contribution in [0.15, 0.2) is 48.5 Å². The molecular formula is C21H24FN. The first-order chi connectivity index (χ1) is 11.1. The van der Waals surface area contributed by atoms with Crippen molar-refractivity contribution in [1.82, 2.24) is 4.90 Å². The van der Waals surface area contributed by atoms with Crippen LogP contribution in [0.4, 0.5) is 4.39 Å². The number of piperidine rings is 1. The Labute approximate surface area is 138 Å². The Morgan fingerprint density at radius 1 is 1.09 bits per heavy atom. The van der Waals surface area contributed by atoms with Crippen molar-refractivity contribution in [2.24, 2.45) is 11.8 Å². The third-order valence-electron chi connectivity index (χ3n) is 6.10. The van der Waals surface area contributed by atoms with Gasteiger partial charge in [-0.3, -0.25) is 0 Å². The fourth-order valence-electron chi connectivity index (χ4n) is 4.49. The van der Waals surface area contributed by atoms with E-state index in [9.17, 15) is 4.39 Å². The van der Waals surface area contributed by atoms with Crippen LogP contribution in [0.5, 0.6) is 0 Å². The van der Waals surface area contributed by atoms with E-state index in [1.54, 1.807) is 12.1 Å². The Morgan fingerprint density at radius 2 is 1.78 bits per heavy atom. The van der Waals surface area contributed by atoms with Crippen molar-refractivity contribution in [3.63, 3.8) is 0 Å². The molecule has 120 valence electrons. The molecule has 0 amide bonds. The molecule has 0 spiro atoms. The molecule has 0 bridgehead atoms. The van der Waals surface area contributed by atoms with Gasteiger partial charge in [0, 0.05) is 25.0 Å². The Bertz CT molecular complexity index is 694. The fraction of sp³-hybridized carbons (Fsp3) is 0.429. The van der Waals surface area contributed by atoms with Gasteiger partial charge in [0.15, 0.2) is 0 Å². The first-order valence-corrected chi connectivity index (χ1v) is 8.61. The predicted octanol–water partition coefficient (Wildman–Crippen LogP) is 4.20. The van der Waals surface area contributed by atoms with Crippen molar-refractivity contribution in [1.29, 1.82) is 0 Å². The van der Waals surface area contributed by atoms with E-state index in [-0.39, 0.29) is 5.82 Å². The van der Waals surface area contributed by atoms with Crippen molar-refractivity contribution in [3.05, 3.63) is 71.0 Å². The minimum Gasteiger partial charge on any atom is -0.302 e. The first kappa shape index (κ1) is 14.9. The summed E-state index contributed by atoms with van der Waals surface area (Å²) in [6, 6.07) is 16.0. The SMILES string of the molecule is Cc1cccc(C2(C)C3CN(CCc4ccc(F)cc4)CC32)c1. The summed E-state index contributed by atoms with van der Waals surface area (Å²) in [6.07, 6.45) is 1.01. The lowest BCUT2D eigenvalue weighted by molar-refractivity contribution is 0.280. The molecule has 2 fully saturated rings. The van der Waals surface area contributed by atoms with Gasteiger partial charge in [-0.1, -0.05) is 48.9 Å². The van der Waals surface area contributed by atoms with Crippen LogP contribution in [0.2, 0.25) is 0 Å². The van der Waals surface area contributed by atoms with E-state index in [4.69, 9.17) is 0 Å². The molecule has 0 N–H and O–H groups in total. The number of benzene rings is 2. The number of halogens is 1. The highest BCUT2D eigenvalue weighted by Crippen LogP contribution is 2.63. The second-order valence-corrected chi connectivity index (χ2v) is 7.50. The number of nitrogens with zero attached hydrogens (tertiary/aromatic N) is 1. The highest BCUT2D eigenvalue weighted by molar-refractivity contribution is 5.39. The normalized spacial score (nSPS) is 29.5. The van der Waals surface area contributed by atoms with Crippen molar-refractivity contribution in [3.8, 4) is 0 Å². The lowest BCUT2D eigenvalue weighted by atomic mass is 9.91. The van der Waals surface area contributed by atoms with Gasteiger partial charge < -0.3 is 4.90 Å². The molecule has 0 radical (unpaired) electrons. The predicted molar refractivity (Wildman–Crippen MR) is 92.1 cm³/mol. The fourth-order valence-corrected chi connectivity index (χ4v) is 4.49. The molecule has 2 heteroatoms. The summed E-state index contributed by atoms with van der Waals surface area (Å²) in [5.41, 5.74) is 4.50. The van der Waals surface area contributed by atoms with E-state index in [1.807, 2.05) is 12.1 Å².